The van der Waals surface area contributed by atoms with E-state index in [1.807, 2.05) is 22.2 Å². The Bertz CT molecular complexity index is 2230. The van der Waals surface area contributed by atoms with Gasteiger partial charge in [-0.15, -0.1) is 0 Å². The van der Waals surface area contributed by atoms with E-state index >= 15 is 0 Å². The molecule has 0 aromatic carbocycles. The number of anilines is 1. The molecule has 0 spiro atoms. The lowest BCUT2D eigenvalue weighted by molar-refractivity contribution is -0.192. The maximum Gasteiger partial charge on any atom is 0.490 e. The number of primary amides is 1. The van der Waals surface area contributed by atoms with Crippen LogP contribution in [0.15, 0.2) is 57.5 Å². The van der Waals surface area contributed by atoms with Crippen LogP contribution in [0.2, 0.25) is 0 Å². The SMILES string of the molecule is O=C(O)C(F)(F)F.[CH2]NNNCN1CNNNCNC2=NC(N)=C(C1=O)N(N1CCC(c3nc(NCCc4ccncc4)nc(C4CCN(N5C(C(N)=O)=C(N)N=C(N)C5Cl)CC4)n3)CC1)C2Cl. The first-order valence-electron chi connectivity index (χ1n) is 21.0. The lowest BCUT2D eigenvalue weighted by Gasteiger charge is -2.46. The molecular formula is C36H53Cl2F3N23O4. The van der Waals surface area contributed by atoms with Crippen molar-refractivity contribution >= 4 is 58.6 Å². The van der Waals surface area contributed by atoms with Crippen LogP contribution in [0, 0.1) is 7.05 Å². The molecule has 2 atom stereocenters. The number of piperidine rings is 2. The van der Waals surface area contributed by atoms with E-state index in [0.717, 1.165) is 12.0 Å². The zero-order chi connectivity index (χ0) is 49.1. The van der Waals surface area contributed by atoms with E-state index in [-0.39, 0.29) is 60.7 Å². The van der Waals surface area contributed by atoms with Crippen molar-refractivity contribution in [3.8, 4) is 0 Å². The molecule has 1 radical (unpaired) electrons. The van der Waals surface area contributed by atoms with Crippen LogP contribution in [0.25, 0.3) is 0 Å². The number of aromatic nitrogens is 4. The number of nitrogens with two attached hydrogens (primary N) is 4. The highest BCUT2D eigenvalue weighted by Crippen LogP contribution is 2.35. The van der Waals surface area contributed by atoms with Crippen LogP contribution in [0.3, 0.4) is 0 Å². The molecule has 8 rings (SSSR count). The van der Waals surface area contributed by atoms with Gasteiger partial charge in [0.15, 0.2) is 34.0 Å². The van der Waals surface area contributed by atoms with E-state index in [0.29, 0.717) is 81.8 Å². The average molecular weight is 1000 g/mol. The van der Waals surface area contributed by atoms with E-state index in [1.54, 1.807) is 17.4 Å². The summed E-state index contributed by atoms with van der Waals surface area (Å²) in [6.45, 7) is 2.97. The number of nitrogens with zero attached hydrogens (tertiary/aromatic N) is 11. The van der Waals surface area contributed by atoms with Gasteiger partial charge in [0.2, 0.25) is 5.95 Å². The van der Waals surface area contributed by atoms with Gasteiger partial charge in [0.25, 0.3) is 11.8 Å². The van der Waals surface area contributed by atoms with Crippen molar-refractivity contribution in [2.75, 3.05) is 58.0 Å². The minimum absolute atomic E-state index is 0.00369. The Morgan fingerprint density at radius 2 is 1.50 bits per heavy atom. The van der Waals surface area contributed by atoms with E-state index < -0.39 is 35.0 Å². The second-order valence-electron chi connectivity index (χ2n) is 15.4. The quantitative estimate of drug-likeness (QED) is 0.0420. The summed E-state index contributed by atoms with van der Waals surface area (Å²) in [6, 6.07) is 3.95. The highest BCUT2D eigenvalue weighted by atomic mass is 35.5. The first-order chi connectivity index (χ1) is 32.5. The van der Waals surface area contributed by atoms with Crippen molar-refractivity contribution in [1.82, 2.24) is 83.0 Å². The predicted octanol–water partition coefficient (Wildman–Crippen LogP) is -2.71. The molecule has 371 valence electrons. The molecule has 2 amide bonds. The van der Waals surface area contributed by atoms with Gasteiger partial charge < -0.3 is 43.6 Å². The van der Waals surface area contributed by atoms with Gasteiger partial charge in [-0.05, 0) is 49.8 Å². The van der Waals surface area contributed by atoms with Crippen molar-refractivity contribution in [2.45, 2.75) is 61.1 Å². The van der Waals surface area contributed by atoms with Crippen LogP contribution in [0.5, 0.6) is 0 Å². The van der Waals surface area contributed by atoms with Crippen molar-refractivity contribution < 1.29 is 32.7 Å². The number of hydrazine groups is 6. The van der Waals surface area contributed by atoms with Crippen molar-refractivity contribution in [3.63, 3.8) is 0 Å². The van der Waals surface area contributed by atoms with Gasteiger partial charge in [-0.1, -0.05) is 23.2 Å². The molecule has 68 heavy (non-hydrogen) atoms. The number of amides is 2. The van der Waals surface area contributed by atoms with Crippen molar-refractivity contribution in [3.05, 3.63) is 71.8 Å². The van der Waals surface area contributed by atoms with Gasteiger partial charge in [-0.2, -0.15) is 34.2 Å². The van der Waals surface area contributed by atoms with Crippen molar-refractivity contribution in [2.24, 2.45) is 32.9 Å². The second kappa shape index (κ2) is 23.4. The van der Waals surface area contributed by atoms with Crippen LogP contribution in [0.4, 0.5) is 19.1 Å². The number of rotatable bonds is 13. The molecular weight excluding hydrogens is 946 g/mol. The van der Waals surface area contributed by atoms with Crippen molar-refractivity contribution in [1.29, 1.82) is 0 Å². The monoisotopic (exact) mass is 998 g/mol. The zero-order valence-electron chi connectivity index (χ0n) is 36.3. The second-order valence-corrected chi connectivity index (χ2v) is 16.2. The lowest BCUT2D eigenvalue weighted by atomic mass is 9.94. The number of nitrogens with one attached hydrogen (secondary N) is 8. The molecule has 2 unspecified atom stereocenters. The van der Waals surface area contributed by atoms with Gasteiger partial charge in [0, 0.05) is 64.0 Å². The summed E-state index contributed by atoms with van der Waals surface area (Å²) in [6.07, 6.45) is 1.72. The van der Waals surface area contributed by atoms with E-state index in [4.69, 9.17) is 71.0 Å². The fourth-order valence-electron chi connectivity index (χ4n) is 7.65. The number of carboxylic acid groups (broad SMARTS) is 1. The predicted molar refractivity (Wildman–Crippen MR) is 239 cm³/mol. The third kappa shape index (κ3) is 12.8. The number of halogens is 5. The molecule has 2 bridgehead atoms. The van der Waals surface area contributed by atoms with Gasteiger partial charge in [0.05, 0.1) is 20.0 Å². The number of amidine groups is 2. The number of hydrogen-bond acceptors (Lipinski definition) is 24. The normalized spacial score (nSPS) is 21.9. The smallest absolute Gasteiger partial charge is 0.475 e. The summed E-state index contributed by atoms with van der Waals surface area (Å²) in [4.78, 5) is 64.6. The Labute approximate surface area is 397 Å². The molecule has 3 fully saturated rings. The Morgan fingerprint density at radius 1 is 0.897 bits per heavy atom. The fraction of sp³-hybridized carbons (Fsp3) is 0.500. The van der Waals surface area contributed by atoms with Crippen LogP contribution in [-0.4, -0.2) is 149 Å². The minimum Gasteiger partial charge on any atom is -0.475 e. The summed E-state index contributed by atoms with van der Waals surface area (Å²) in [7, 11) is 3.52. The summed E-state index contributed by atoms with van der Waals surface area (Å²) < 4.78 is 31.7. The van der Waals surface area contributed by atoms with Gasteiger partial charge in [-0.3, -0.25) is 24.6 Å². The van der Waals surface area contributed by atoms with Gasteiger partial charge in [-0.25, -0.2) is 51.5 Å². The molecule has 32 heteroatoms. The standard InChI is InChI=1S/C34H52Cl2N23O2.C2HF3O2/c1-41-53-46-17-55-18-47-54-45-16-44-32-25(36)59(23(33(55)61)27(38)49-32)57-14-7-21(8-15-57)31-50-30(51-34(52-31)43-11-4-19-2-9-42-10-3-19)20-5-12-56(13-6-20)58-22(29(40)60)26(37)48-28(39)24(58)35;3-2(4,5)1(6)7/h2-3,9-10,20-21,24-25,41,45-47,53-54H,1,4-8,11-18,37-38H2,(H2,39,48)(H2,40,60)(H,44,49)(H,43,50,51,52);(H,6,7). The molecule has 8 heterocycles. The molecule has 6 aliphatic heterocycles. The van der Waals surface area contributed by atoms with E-state index in [9.17, 15) is 22.8 Å². The highest BCUT2D eigenvalue weighted by Gasteiger charge is 2.42. The summed E-state index contributed by atoms with van der Waals surface area (Å²) >= 11 is 13.7. The van der Waals surface area contributed by atoms with E-state index in [1.165, 1.54) is 9.91 Å². The van der Waals surface area contributed by atoms with Gasteiger partial charge in [0.1, 0.15) is 23.3 Å². The molecule has 2 aromatic heterocycles. The lowest BCUT2D eigenvalue weighted by Crippen LogP contribution is -2.62. The molecule has 27 nitrogen and oxygen atoms in total. The van der Waals surface area contributed by atoms with Gasteiger partial charge >= 0.3 is 12.1 Å². The number of hydrogen-bond donors (Lipinski definition) is 13. The third-order valence-corrected chi connectivity index (χ3v) is 11.7. The molecule has 0 saturated carbocycles. The Kier molecular flexibility index (Phi) is 17.7. The van der Waals surface area contributed by atoms with Crippen LogP contribution in [-0.2, 0) is 20.8 Å². The number of aliphatic carboxylic acids is 1. The average Bonchev–Trinajstić information content (AvgIpc) is 3.31. The number of fused-ring (bicyclic) bond motifs is 9. The molecule has 17 N–H and O–H groups in total. The zero-order valence-corrected chi connectivity index (χ0v) is 37.8. The molecule has 0 aliphatic carbocycles. The van der Waals surface area contributed by atoms with Crippen LogP contribution >= 0.6 is 23.2 Å². The summed E-state index contributed by atoms with van der Waals surface area (Å²) in [5, 5.41) is 20.9. The topological polar surface area (TPSA) is 364 Å². The van der Waals surface area contributed by atoms with Crippen LogP contribution in [0.1, 0.15) is 54.7 Å². The number of carbonyl (C=O) groups excluding carboxylic acids is 2. The minimum atomic E-state index is -5.08. The maximum absolute atomic E-state index is 14.2. The first kappa shape index (κ1) is 51.4. The number of carboxylic acids is 1. The number of carbonyl (C=O) groups is 3. The Morgan fingerprint density at radius 3 is 2.07 bits per heavy atom. The molecule has 3 saturated heterocycles. The molecule has 6 aliphatic rings. The summed E-state index contributed by atoms with van der Waals surface area (Å²) in [5.41, 5.74) is 40.6. The van der Waals surface area contributed by atoms with Crippen LogP contribution < -0.4 is 66.3 Å². The Hall–Kier alpha value is -5.96. The fourth-order valence-corrected chi connectivity index (χ4v) is 8.26. The molecule has 2 aromatic rings. The number of pyridine rings is 1. The first-order valence-corrected chi connectivity index (χ1v) is 21.9. The largest absolute Gasteiger partial charge is 0.490 e. The summed E-state index contributed by atoms with van der Waals surface area (Å²) in [5.74, 6) is -1.83. The maximum atomic E-state index is 14.2. The number of alkyl halides is 5. The third-order valence-electron chi connectivity index (χ3n) is 10.9. The Balaban J connectivity index is 0.00000101. The highest BCUT2D eigenvalue weighted by molar-refractivity contribution is 6.32. The van der Waals surface area contributed by atoms with E-state index in [2.05, 4.69) is 65.4 Å². The number of aliphatic imine (C=N–C) groups is 2.